The Kier molecular flexibility index (Phi) is 4.50. The van der Waals surface area contributed by atoms with Gasteiger partial charge in [-0.25, -0.2) is 9.64 Å². The lowest BCUT2D eigenvalue weighted by Crippen LogP contribution is -2.07. The van der Waals surface area contributed by atoms with Crippen LogP contribution in [0.1, 0.15) is 16.1 Å². The number of carboxylic acids is 1. The molecule has 0 atom stereocenters. The van der Waals surface area contributed by atoms with Gasteiger partial charge in [0.15, 0.2) is 0 Å². The highest BCUT2D eigenvalue weighted by Gasteiger charge is 2.33. The Bertz CT molecular complexity index is 1060. The Balaban J connectivity index is 2.12. The van der Waals surface area contributed by atoms with Gasteiger partial charge in [0.05, 0.1) is 12.1 Å². The number of carbonyl (C=O) groups is 1. The van der Waals surface area contributed by atoms with Crippen LogP contribution in [-0.4, -0.2) is 15.6 Å². The molecule has 0 radical (unpaired) electrons. The van der Waals surface area contributed by atoms with Gasteiger partial charge in [0, 0.05) is 18.8 Å². The monoisotopic (exact) mass is 370 g/mol. The van der Waals surface area contributed by atoms with Gasteiger partial charge in [-0.05, 0) is 22.8 Å². The van der Waals surface area contributed by atoms with Gasteiger partial charge in [0.1, 0.15) is 5.69 Å². The van der Waals surface area contributed by atoms with Crippen LogP contribution in [0.5, 0.6) is 0 Å². The zero-order chi connectivity index (χ0) is 19.8. The van der Waals surface area contributed by atoms with Crippen LogP contribution in [0, 0.1) is 6.57 Å². The third-order valence-corrected chi connectivity index (χ3v) is 4.20. The minimum atomic E-state index is -4.48. The highest BCUT2D eigenvalue weighted by Crippen LogP contribution is 2.39. The predicted molar refractivity (Wildman–Crippen MR) is 94.5 cm³/mol. The van der Waals surface area contributed by atoms with Crippen LogP contribution in [0.15, 0.2) is 54.7 Å². The van der Waals surface area contributed by atoms with Gasteiger partial charge in [-0.3, -0.25) is 0 Å². The molecule has 2 aromatic carbocycles. The highest BCUT2D eigenvalue weighted by atomic mass is 19.4. The average Bonchev–Trinajstić information content (AvgIpc) is 2.98. The topological polar surface area (TPSA) is 46.6 Å². The quantitative estimate of drug-likeness (QED) is 0.608. The second-order valence-corrected chi connectivity index (χ2v) is 5.89. The molecule has 1 N–H and O–H groups in total. The molecule has 0 aliphatic carbocycles. The zero-order valence-corrected chi connectivity index (χ0v) is 14.1. The van der Waals surface area contributed by atoms with E-state index >= 15 is 0 Å². The van der Waals surface area contributed by atoms with Crippen LogP contribution in [-0.2, 0) is 13.2 Å². The molecule has 0 saturated heterocycles. The Morgan fingerprint density at radius 3 is 2.22 bits per heavy atom. The first kappa shape index (κ1) is 18.3. The summed E-state index contributed by atoms with van der Waals surface area (Å²) in [5, 5.41) is 9.43. The van der Waals surface area contributed by atoms with Gasteiger partial charge in [0.25, 0.3) is 0 Å². The van der Waals surface area contributed by atoms with Crippen molar-refractivity contribution in [2.45, 2.75) is 6.18 Å². The lowest BCUT2D eigenvalue weighted by atomic mass is 9.96. The van der Waals surface area contributed by atoms with Crippen molar-refractivity contribution < 1.29 is 23.1 Å². The molecule has 3 rings (SSSR count). The van der Waals surface area contributed by atoms with Crippen LogP contribution in [0.2, 0.25) is 0 Å². The standard InChI is InChI=1S/C20H13F3N2O2/c1-24-16-11-25(2)18(19(26)27)17(16)13-9-7-12(8-10-13)14-5-3-4-6-15(14)20(21,22)23/h3-11H,2H3,(H,26,27). The molecule has 1 aromatic heterocycles. The molecule has 0 aliphatic heterocycles. The first-order valence-electron chi connectivity index (χ1n) is 7.81. The molecule has 0 amide bonds. The third kappa shape index (κ3) is 3.29. The van der Waals surface area contributed by atoms with E-state index < -0.39 is 17.7 Å². The fourth-order valence-corrected chi connectivity index (χ4v) is 3.04. The van der Waals surface area contributed by atoms with E-state index in [0.29, 0.717) is 11.1 Å². The molecule has 0 fully saturated rings. The van der Waals surface area contributed by atoms with Crippen LogP contribution in [0.3, 0.4) is 0 Å². The second kappa shape index (κ2) is 6.65. The molecule has 136 valence electrons. The van der Waals surface area contributed by atoms with Gasteiger partial charge in [-0.15, -0.1) is 0 Å². The maximum Gasteiger partial charge on any atom is 0.417 e. The van der Waals surface area contributed by atoms with E-state index in [1.807, 2.05) is 0 Å². The van der Waals surface area contributed by atoms with Gasteiger partial charge in [-0.1, -0.05) is 42.5 Å². The van der Waals surface area contributed by atoms with Crippen molar-refractivity contribution >= 4 is 11.7 Å². The number of carboxylic acid groups (broad SMARTS) is 1. The summed E-state index contributed by atoms with van der Waals surface area (Å²) in [5.74, 6) is -1.19. The van der Waals surface area contributed by atoms with E-state index in [-0.39, 0.29) is 22.5 Å². The number of rotatable bonds is 3. The Morgan fingerprint density at radius 1 is 1.07 bits per heavy atom. The number of hydrogen-bond donors (Lipinski definition) is 1. The molecular weight excluding hydrogens is 357 g/mol. The Morgan fingerprint density at radius 2 is 1.67 bits per heavy atom. The van der Waals surface area contributed by atoms with E-state index in [9.17, 15) is 23.1 Å². The number of benzene rings is 2. The van der Waals surface area contributed by atoms with E-state index in [0.717, 1.165) is 6.07 Å². The number of aromatic nitrogens is 1. The van der Waals surface area contributed by atoms with Gasteiger partial charge >= 0.3 is 12.1 Å². The van der Waals surface area contributed by atoms with Gasteiger partial charge < -0.3 is 9.67 Å². The summed E-state index contributed by atoms with van der Waals surface area (Å²) in [5.41, 5.74) is 0.452. The number of halogens is 3. The summed E-state index contributed by atoms with van der Waals surface area (Å²) in [6.45, 7) is 7.25. The van der Waals surface area contributed by atoms with Crippen LogP contribution in [0.25, 0.3) is 27.1 Å². The van der Waals surface area contributed by atoms with Crippen molar-refractivity contribution in [3.8, 4) is 22.3 Å². The molecule has 4 nitrogen and oxygen atoms in total. The number of aryl methyl sites for hydroxylation is 1. The number of hydrogen-bond acceptors (Lipinski definition) is 1. The maximum absolute atomic E-state index is 13.2. The second-order valence-electron chi connectivity index (χ2n) is 5.89. The Hall–Kier alpha value is -3.53. The largest absolute Gasteiger partial charge is 0.477 e. The van der Waals surface area contributed by atoms with E-state index in [2.05, 4.69) is 4.85 Å². The van der Waals surface area contributed by atoms with Crippen molar-refractivity contribution in [2.24, 2.45) is 7.05 Å². The molecule has 7 heteroatoms. The van der Waals surface area contributed by atoms with Crippen molar-refractivity contribution in [2.75, 3.05) is 0 Å². The number of nitrogens with zero attached hydrogens (tertiary/aromatic N) is 2. The minimum Gasteiger partial charge on any atom is -0.477 e. The fraction of sp³-hybridized carbons (Fsp3) is 0.100. The first-order chi connectivity index (χ1) is 12.7. The molecule has 27 heavy (non-hydrogen) atoms. The van der Waals surface area contributed by atoms with Crippen molar-refractivity contribution in [1.29, 1.82) is 0 Å². The van der Waals surface area contributed by atoms with Crippen LogP contribution >= 0.6 is 0 Å². The van der Waals surface area contributed by atoms with Crippen molar-refractivity contribution in [3.05, 3.63) is 77.4 Å². The third-order valence-electron chi connectivity index (χ3n) is 4.20. The molecule has 3 aromatic rings. The predicted octanol–water partition coefficient (Wildman–Crippen LogP) is 5.63. The lowest BCUT2D eigenvalue weighted by molar-refractivity contribution is -0.137. The molecule has 0 saturated carbocycles. The minimum absolute atomic E-state index is 0.0356. The van der Waals surface area contributed by atoms with E-state index in [1.165, 1.54) is 60.3 Å². The van der Waals surface area contributed by atoms with Crippen molar-refractivity contribution in [3.63, 3.8) is 0 Å². The lowest BCUT2D eigenvalue weighted by Gasteiger charge is -2.13. The van der Waals surface area contributed by atoms with Crippen LogP contribution in [0.4, 0.5) is 18.9 Å². The molecular formula is C20H13F3N2O2. The summed E-state index contributed by atoms with van der Waals surface area (Å²) >= 11 is 0. The van der Waals surface area contributed by atoms with Gasteiger partial charge in [-0.2, -0.15) is 13.2 Å². The average molecular weight is 370 g/mol. The molecule has 0 unspecified atom stereocenters. The highest BCUT2D eigenvalue weighted by molar-refractivity contribution is 5.99. The molecule has 0 bridgehead atoms. The number of aromatic carboxylic acids is 1. The molecule has 0 aliphatic rings. The summed E-state index contributed by atoms with van der Waals surface area (Å²) in [6, 6.07) is 11.3. The number of alkyl halides is 3. The van der Waals surface area contributed by atoms with Crippen molar-refractivity contribution in [1.82, 2.24) is 4.57 Å². The van der Waals surface area contributed by atoms with Crippen LogP contribution < -0.4 is 0 Å². The fourth-order valence-electron chi connectivity index (χ4n) is 3.04. The Labute approximate surface area is 152 Å². The summed E-state index contributed by atoms with van der Waals surface area (Å²) in [4.78, 5) is 14.9. The molecule has 1 heterocycles. The first-order valence-corrected chi connectivity index (χ1v) is 7.81. The van der Waals surface area contributed by atoms with E-state index in [4.69, 9.17) is 6.57 Å². The maximum atomic E-state index is 13.2. The normalized spacial score (nSPS) is 11.2. The molecule has 0 spiro atoms. The SMILES string of the molecule is [C-]#[N+]c1cn(C)c(C(=O)O)c1-c1ccc(-c2ccccc2C(F)(F)F)cc1. The summed E-state index contributed by atoms with van der Waals surface area (Å²) in [7, 11) is 1.52. The zero-order valence-electron chi connectivity index (χ0n) is 14.1. The van der Waals surface area contributed by atoms with Gasteiger partial charge in [0.2, 0.25) is 5.69 Å². The van der Waals surface area contributed by atoms with E-state index in [1.54, 1.807) is 0 Å². The summed E-state index contributed by atoms with van der Waals surface area (Å²) < 4.78 is 41.0. The smallest absolute Gasteiger partial charge is 0.417 e. The summed E-state index contributed by atoms with van der Waals surface area (Å²) in [6.07, 6.45) is -3.07.